The molecular formula is C42H63NO15. The van der Waals surface area contributed by atoms with Crippen LogP contribution < -0.4 is 5.32 Å². The maximum absolute atomic E-state index is 15.4. The first-order chi connectivity index (χ1) is 26.8. The zero-order valence-electron chi connectivity index (χ0n) is 35.5. The van der Waals surface area contributed by atoms with Gasteiger partial charge in [-0.15, -0.1) is 0 Å². The summed E-state index contributed by atoms with van der Waals surface area (Å²) in [6.45, 7) is 15.1. The number of carbonyl (C=O) groups is 6. The van der Waals surface area contributed by atoms with Gasteiger partial charge in [-0.05, 0) is 58.1 Å². The van der Waals surface area contributed by atoms with Crippen LogP contribution >= 0.6 is 0 Å². The molecule has 5 rings (SSSR count). The van der Waals surface area contributed by atoms with Crippen molar-refractivity contribution in [1.82, 2.24) is 5.32 Å². The largest absolute Gasteiger partial charge is 0.459 e. The number of fused-ring (bicyclic) bond motifs is 6. The van der Waals surface area contributed by atoms with Crippen molar-refractivity contribution in [1.29, 1.82) is 0 Å². The fourth-order valence-corrected chi connectivity index (χ4v) is 10.2. The lowest BCUT2D eigenvalue weighted by Crippen LogP contribution is -2.82. The molecule has 58 heavy (non-hydrogen) atoms. The molecule has 2 heterocycles. The zero-order chi connectivity index (χ0) is 43.3. The highest BCUT2D eigenvalue weighted by Crippen LogP contribution is 2.64. The Morgan fingerprint density at radius 2 is 1.57 bits per heavy atom. The third kappa shape index (κ3) is 8.27. The van der Waals surface area contributed by atoms with E-state index in [0.717, 1.165) is 19.8 Å². The van der Waals surface area contributed by atoms with Crippen LogP contribution in [0.25, 0.3) is 0 Å². The Morgan fingerprint density at radius 1 is 0.931 bits per heavy atom. The average Bonchev–Trinajstić information content (AvgIpc) is 3.08. The lowest BCUT2D eigenvalue weighted by atomic mass is 9.44. The minimum absolute atomic E-state index is 0.0429. The fraction of sp³-hybridized carbons (Fsp3) is 0.810. The van der Waals surface area contributed by atoms with Crippen LogP contribution in [0.1, 0.15) is 127 Å². The third-order valence-corrected chi connectivity index (χ3v) is 13.3. The summed E-state index contributed by atoms with van der Waals surface area (Å²) < 4.78 is 35.6. The van der Waals surface area contributed by atoms with Crippen LogP contribution in [-0.2, 0) is 52.4 Å². The molecule has 12 atom stereocenters. The maximum atomic E-state index is 15.4. The van der Waals surface area contributed by atoms with E-state index in [1.807, 2.05) is 6.92 Å². The Kier molecular flexibility index (Phi) is 12.9. The minimum atomic E-state index is -2.30. The van der Waals surface area contributed by atoms with Crippen LogP contribution in [0.15, 0.2) is 11.1 Å². The second-order valence-corrected chi connectivity index (χ2v) is 18.9. The van der Waals surface area contributed by atoms with Gasteiger partial charge < -0.3 is 49.1 Å². The summed E-state index contributed by atoms with van der Waals surface area (Å²) >= 11 is 0. The molecule has 4 N–H and O–H groups in total. The van der Waals surface area contributed by atoms with Crippen LogP contribution in [0.4, 0.5) is 4.79 Å². The number of hydrogen-bond acceptors (Lipinski definition) is 15. The summed E-state index contributed by atoms with van der Waals surface area (Å²) in [5.41, 5.74) is -8.21. The number of amides is 1. The van der Waals surface area contributed by atoms with Crippen molar-refractivity contribution in [3.8, 4) is 0 Å². The monoisotopic (exact) mass is 821 g/mol. The van der Waals surface area contributed by atoms with E-state index in [1.54, 1.807) is 41.5 Å². The Balaban J connectivity index is 1.74. The first kappa shape index (κ1) is 45.5. The summed E-state index contributed by atoms with van der Waals surface area (Å²) in [5.74, 6) is -5.96. The molecule has 2 aliphatic heterocycles. The summed E-state index contributed by atoms with van der Waals surface area (Å²) in [6.07, 6.45) is -7.35. The summed E-state index contributed by atoms with van der Waals surface area (Å²) in [7, 11) is 0. The number of esters is 4. The molecule has 0 spiro atoms. The predicted molar refractivity (Wildman–Crippen MR) is 203 cm³/mol. The maximum Gasteiger partial charge on any atom is 0.407 e. The van der Waals surface area contributed by atoms with E-state index in [-0.39, 0.29) is 42.9 Å². The van der Waals surface area contributed by atoms with Crippen LogP contribution in [-0.4, -0.2) is 117 Å². The number of alkyl carbamates (subject to hydrolysis) is 1. The molecule has 3 aliphatic carbocycles. The zero-order valence-corrected chi connectivity index (χ0v) is 35.5. The van der Waals surface area contributed by atoms with E-state index >= 15 is 4.79 Å². The van der Waals surface area contributed by atoms with Crippen LogP contribution in [0.3, 0.4) is 0 Å². The van der Waals surface area contributed by atoms with E-state index in [0.29, 0.717) is 19.3 Å². The van der Waals surface area contributed by atoms with Crippen molar-refractivity contribution in [2.45, 2.75) is 186 Å². The van der Waals surface area contributed by atoms with Crippen molar-refractivity contribution in [3.05, 3.63) is 11.1 Å². The summed E-state index contributed by atoms with van der Waals surface area (Å²) in [6, 6.07) is -1.13. The normalized spacial score (nSPS) is 39.7. The van der Waals surface area contributed by atoms with Gasteiger partial charge in [0.25, 0.3) is 0 Å². The molecule has 0 unspecified atom stereocenters. The topological polar surface area (TPSA) is 231 Å². The molecule has 0 aromatic carbocycles. The molecule has 4 fully saturated rings. The Bertz CT molecular complexity index is 1680. The lowest BCUT2D eigenvalue weighted by molar-refractivity contribution is -0.347. The standard InChI is InChI=1S/C42H63NO15/c1-21-15-13-11-12-14-16-25(43-37(51)58-38(5,6)7)31(48)36(50)55-26-19-42(52)35(56-29(47)17-21)33-40(10,27(46)18-28-41(33,20-53-28)57-24(4)45)34(49)32(54-23(3)44)30(22(26)2)39(42,8)9/h21,25-28,31-33,35,46,48,52H,11-20H2,1-10H3,(H,43,51)/t21-,25+,26+,27+,28-,31-,32-,33+,35+,40-,41+,42-/m1/s1. The molecule has 2 saturated carbocycles. The lowest BCUT2D eigenvalue weighted by Gasteiger charge is -2.67. The smallest absolute Gasteiger partial charge is 0.407 e. The van der Waals surface area contributed by atoms with Gasteiger partial charge in [0.15, 0.2) is 23.6 Å². The molecule has 0 radical (unpaired) electrons. The molecule has 326 valence electrons. The van der Waals surface area contributed by atoms with Crippen LogP contribution in [0.5, 0.6) is 0 Å². The average molecular weight is 822 g/mol. The molecule has 16 nitrogen and oxygen atoms in total. The number of ketones is 1. The summed E-state index contributed by atoms with van der Waals surface area (Å²) in [5, 5.41) is 39.7. The minimum Gasteiger partial charge on any atom is -0.459 e. The molecule has 2 saturated heterocycles. The van der Waals surface area contributed by atoms with Gasteiger partial charge in [-0.2, -0.15) is 0 Å². The quantitative estimate of drug-likeness (QED) is 0.181. The predicted octanol–water partition coefficient (Wildman–Crippen LogP) is 3.52. The van der Waals surface area contributed by atoms with Gasteiger partial charge in [-0.25, -0.2) is 9.59 Å². The third-order valence-electron chi connectivity index (χ3n) is 13.3. The van der Waals surface area contributed by atoms with Gasteiger partial charge in [0.2, 0.25) is 0 Å². The first-order valence-electron chi connectivity index (χ1n) is 20.5. The second kappa shape index (κ2) is 16.5. The first-order valence-corrected chi connectivity index (χ1v) is 20.5. The SMILES string of the molecule is CC(=O)O[C@H]1C(=O)[C@@]2(C)[C@H]([C@@H]3OC(=O)C[C@H](C)CCCCCC[C@H](NC(=O)OC(C)(C)C)[C@@H](O)C(=O)O[C@H]4C[C@]3(O)C(C)(C)C1=C4C)[C@]1(OC(C)=O)CO[C@@H]1C[C@@H]2O. The van der Waals surface area contributed by atoms with Crippen molar-refractivity contribution in [2.75, 3.05) is 6.61 Å². The number of rotatable bonds is 3. The summed E-state index contributed by atoms with van der Waals surface area (Å²) in [4.78, 5) is 82.3. The van der Waals surface area contributed by atoms with Gasteiger partial charge in [-0.3, -0.25) is 19.2 Å². The van der Waals surface area contributed by atoms with Crippen LogP contribution in [0.2, 0.25) is 0 Å². The molecule has 16 heteroatoms. The highest BCUT2D eigenvalue weighted by atomic mass is 16.6. The van der Waals surface area contributed by atoms with E-state index in [9.17, 15) is 39.3 Å². The Hall–Kier alpha value is -3.60. The van der Waals surface area contributed by atoms with E-state index in [2.05, 4.69) is 5.32 Å². The highest BCUT2D eigenvalue weighted by Gasteiger charge is 2.78. The number of carbonyl (C=O) groups excluding carboxylic acids is 6. The Morgan fingerprint density at radius 3 is 2.14 bits per heavy atom. The number of nitrogens with one attached hydrogen (secondary N) is 1. The van der Waals surface area contributed by atoms with Gasteiger partial charge in [-0.1, -0.05) is 52.9 Å². The molecule has 1 amide bonds. The molecule has 5 aliphatic rings. The van der Waals surface area contributed by atoms with Crippen molar-refractivity contribution in [2.24, 2.45) is 22.7 Å². The molecule has 0 aromatic rings. The molecule has 3 bridgehead atoms. The van der Waals surface area contributed by atoms with Gasteiger partial charge in [0, 0.05) is 38.5 Å². The molecule has 0 aromatic heterocycles. The second-order valence-electron chi connectivity index (χ2n) is 18.9. The number of hydrogen-bond donors (Lipinski definition) is 4. The number of ether oxygens (including phenoxy) is 6. The fourth-order valence-electron chi connectivity index (χ4n) is 10.2. The highest BCUT2D eigenvalue weighted by molar-refractivity contribution is 5.95. The van der Waals surface area contributed by atoms with Crippen LogP contribution in [0, 0.1) is 22.7 Å². The van der Waals surface area contributed by atoms with E-state index in [4.69, 9.17) is 28.4 Å². The van der Waals surface area contributed by atoms with Crippen molar-refractivity contribution in [3.63, 3.8) is 0 Å². The number of aliphatic hydroxyl groups excluding tert-OH is 2. The van der Waals surface area contributed by atoms with Gasteiger partial charge >= 0.3 is 30.0 Å². The van der Waals surface area contributed by atoms with Crippen molar-refractivity contribution < 1.29 is 72.5 Å². The van der Waals surface area contributed by atoms with Crippen molar-refractivity contribution >= 4 is 35.8 Å². The number of aliphatic hydroxyl groups is 3. The van der Waals surface area contributed by atoms with Gasteiger partial charge in [0.05, 0.1) is 30.1 Å². The number of Topliss-reactive ketones (excluding diaryl/α,β-unsaturated/α-hetero) is 1. The molecular weight excluding hydrogens is 758 g/mol. The van der Waals surface area contributed by atoms with E-state index in [1.165, 1.54) is 13.8 Å². The Labute approximate surface area is 340 Å². The van der Waals surface area contributed by atoms with E-state index < -0.39 is 118 Å². The van der Waals surface area contributed by atoms with Gasteiger partial charge in [0.1, 0.15) is 29.5 Å².